The smallest absolute Gasteiger partial charge is 0.251 e. The van der Waals surface area contributed by atoms with Crippen molar-refractivity contribution in [2.24, 2.45) is 11.7 Å². The van der Waals surface area contributed by atoms with Crippen LogP contribution in [0, 0.1) is 5.92 Å². The van der Waals surface area contributed by atoms with Crippen LogP contribution in [0.1, 0.15) is 36.0 Å². The number of nitrogens with two attached hydrogens (primary N) is 1. The van der Waals surface area contributed by atoms with Crippen LogP contribution in [0.5, 0.6) is 0 Å². The highest BCUT2D eigenvalue weighted by Gasteiger charge is 2.26. The van der Waals surface area contributed by atoms with E-state index in [-0.39, 0.29) is 23.8 Å². The molecule has 1 saturated heterocycles. The van der Waals surface area contributed by atoms with Gasteiger partial charge in [0.2, 0.25) is 5.91 Å². The summed E-state index contributed by atoms with van der Waals surface area (Å²) in [7, 11) is 0. The molecular formula is C20H30N4O3. The Labute approximate surface area is 160 Å². The standard InChI is InChI=1S/C20H30N4O3/c21-18-3-1-2-16(18)14-19(25)23-17-6-4-15(5-7-17)20(26)22-8-9-24-10-12-27-13-11-24/h4-7,16,18H,1-3,8-14,21H2,(H,22,26)(H,23,25)/t16-,18+/m0/s1. The minimum absolute atomic E-state index is 0.0138. The number of hydrogen-bond donors (Lipinski definition) is 3. The predicted octanol–water partition coefficient (Wildman–Crippen LogP) is 1.20. The van der Waals surface area contributed by atoms with Gasteiger partial charge in [0.05, 0.1) is 13.2 Å². The SMILES string of the molecule is N[C@@H]1CCC[C@H]1CC(=O)Nc1ccc(C(=O)NCCN2CCOCC2)cc1. The van der Waals surface area contributed by atoms with Crippen LogP contribution in [0.25, 0.3) is 0 Å². The number of rotatable bonds is 7. The highest BCUT2D eigenvalue weighted by molar-refractivity contribution is 5.95. The Kier molecular flexibility index (Phi) is 7.20. The summed E-state index contributed by atoms with van der Waals surface area (Å²) >= 11 is 0. The van der Waals surface area contributed by atoms with E-state index in [0.29, 0.717) is 24.2 Å². The van der Waals surface area contributed by atoms with Crippen molar-refractivity contribution in [2.75, 3.05) is 44.7 Å². The summed E-state index contributed by atoms with van der Waals surface area (Å²) in [4.78, 5) is 26.7. The number of anilines is 1. The molecule has 1 aromatic carbocycles. The molecule has 1 heterocycles. The molecule has 0 radical (unpaired) electrons. The molecule has 27 heavy (non-hydrogen) atoms. The van der Waals surface area contributed by atoms with E-state index < -0.39 is 0 Å². The number of morpholine rings is 1. The van der Waals surface area contributed by atoms with Gasteiger partial charge in [-0.25, -0.2) is 0 Å². The van der Waals surface area contributed by atoms with E-state index in [1.165, 1.54) is 0 Å². The highest BCUT2D eigenvalue weighted by Crippen LogP contribution is 2.27. The second kappa shape index (κ2) is 9.82. The molecule has 0 aromatic heterocycles. The normalized spacial score (nSPS) is 23.1. The summed E-state index contributed by atoms with van der Waals surface area (Å²) in [6, 6.07) is 7.15. The summed E-state index contributed by atoms with van der Waals surface area (Å²) in [6.45, 7) is 4.78. The number of carbonyl (C=O) groups is 2. The van der Waals surface area contributed by atoms with Crippen LogP contribution in [-0.4, -0.2) is 62.1 Å². The maximum absolute atomic E-state index is 12.2. The second-order valence-electron chi connectivity index (χ2n) is 7.39. The van der Waals surface area contributed by atoms with Gasteiger partial charge in [0, 0.05) is 49.9 Å². The molecule has 148 valence electrons. The number of hydrogen-bond acceptors (Lipinski definition) is 5. The summed E-state index contributed by atoms with van der Waals surface area (Å²) in [5, 5.41) is 5.83. The zero-order chi connectivity index (χ0) is 19.1. The molecule has 0 spiro atoms. The maximum Gasteiger partial charge on any atom is 0.251 e. The fourth-order valence-electron chi connectivity index (χ4n) is 3.73. The van der Waals surface area contributed by atoms with Gasteiger partial charge in [-0.1, -0.05) is 6.42 Å². The first-order valence-electron chi connectivity index (χ1n) is 9.85. The molecule has 7 heteroatoms. The van der Waals surface area contributed by atoms with Gasteiger partial charge < -0.3 is 21.1 Å². The van der Waals surface area contributed by atoms with Gasteiger partial charge >= 0.3 is 0 Å². The van der Waals surface area contributed by atoms with Crippen molar-refractivity contribution in [2.45, 2.75) is 31.7 Å². The van der Waals surface area contributed by atoms with Crippen molar-refractivity contribution in [1.82, 2.24) is 10.2 Å². The number of nitrogens with zero attached hydrogens (tertiary/aromatic N) is 1. The van der Waals surface area contributed by atoms with E-state index in [0.717, 1.165) is 52.1 Å². The van der Waals surface area contributed by atoms with Crippen LogP contribution in [0.2, 0.25) is 0 Å². The molecule has 1 aliphatic heterocycles. The molecule has 1 aromatic rings. The topological polar surface area (TPSA) is 96.7 Å². The lowest BCUT2D eigenvalue weighted by Crippen LogP contribution is -2.41. The number of ether oxygens (including phenoxy) is 1. The average Bonchev–Trinajstić information content (AvgIpc) is 3.07. The molecule has 2 fully saturated rings. The molecule has 7 nitrogen and oxygen atoms in total. The third-order valence-corrected chi connectivity index (χ3v) is 5.41. The van der Waals surface area contributed by atoms with Gasteiger partial charge in [-0.3, -0.25) is 14.5 Å². The molecular weight excluding hydrogens is 344 g/mol. The number of benzene rings is 1. The first-order valence-corrected chi connectivity index (χ1v) is 9.85. The summed E-state index contributed by atoms with van der Waals surface area (Å²) < 4.78 is 5.31. The Morgan fingerprint density at radius 3 is 2.56 bits per heavy atom. The number of carbonyl (C=O) groups excluding carboxylic acids is 2. The Hall–Kier alpha value is -1.96. The summed E-state index contributed by atoms with van der Waals surface area (Å²) in [5.74, 6) is 0.166. The molecule has 1 saturated carbocycles. The van der Waals surface area contributed by atoms with Crippen molar-refractivity contribution in [3.05, 3.63) is 29.8 Å². The van der Waals surface area contributed by atoms with Gasteiger partial charge in [-0.2, -0.15) is 0 Å². The van der Waals surface area contributed by atoms with E-state index in [1.807, 2.05) is 0 Å². The van der Waals surface area contributed by atoms with Crippen molar-refractivity contribution >= 4 is 17.5 Å². The van der Waals surface area contributed by atoms with Gasteiger partial charge in [0.25, 0.3) is 5.91 Å². The zero-order valence-corrected chi connectivity index (χ0v) is 15.8. The minimum Gasteiger partial charge on any atom is -0.379 e. The fraction of sp³-hybridized carbons (Fsp3) is 0.600. The maximum atomic E-state index is 12.2. The zero-order valence-electron chi connectivity index (χ0n) is 15.8. The Balaban J connectivity index is 1.40. The van der Waals surface area contributed by atoms with E-state index >= 15 is 0 Å². The average molecular weight is 374 g/mol. The molecule has 2 aliphatic rings. The van der Waals surface area contributed by atoms with Gasteiger partial charge in [0.15, 0.2) is 0 Å². The first-order chi connectivity index (χ1) is 13.1. The molecule has 1 aliphatic carbocycles. The molecule has 3 rings (SSSR count). The largest absolute Gasteiger partial charge is 0.379 e. The molecule has 4 N–H and O–H groups in total. The van der Waals surface area contributed by atoms with E-state index in [2.05, 4.69) is 15.5 Å². The Bertz CT molecular complexity index is 629. The summed E-state index contributed by atoms with van der Waals surface area (Å²) in [5.41, 5.74) is 7.32. The van der Waals surface area contributed by atoms with Crippen molar-refractivity contribution in [3.63, 3.8) is 0 Å². The Morgan fingerprint density at radius 2 is 1.89 bits per heavy atom. The van der Waals surface area contributed by atoms with Crippen LogP contribution in [0.15, 0.2) is 24.3 Å². The van der Waals surface area contributed by atoms with Crippen molar-refractivity contribution in [1.29, 1.82) is 0 Å². The molecule has 2 amide bonds. The first kappa shape index (κ1) is 19.8. The third kappa shape index (κ3) is 6.02. The molecule has 2 atom stereocenters. The van der Waals surface area contributed by atoms with Crippen LogP contribution in [-0.2, 0) is 9.53 Å². The molecule has 0 unspecified atom stereocenters. The number of nitrogens with one attached hydrogen (secondary N) is 2. The van der Waals surface area contributed by atoms with Crippen LogP contribution in [0.4, 0.5) is 5.69 Å². The predicted molar refractivity (Wildman–Crippen MR) is 105 cm³/mol. The highest BCUT2D eigenvalue weighted by atomic mass is 16.5. The van der Waals surface area contributed by atoms with Crippen LogP contribution >= 0.6 is 0 Å². The van der Waals surface area contributed by atoms with Gasteiger partial charge in [0.1, 0.15) is 0 Å². The van der Waals surface area contributed by atoms with Gasteiger partial charge in [-0.05, 0) is 43.0 Å². The summed E-state index contributed by atoms with van der Waals surface area (Å²) in [6.07, 6.45) is 3.60. The Morgan fingerprint density at radius 1 is 1.15 bits per heavy atom. The third-order valence-electron chi connectivity index (χ3n) is 5.41. The van der Waals surface area contributed by atoms with Crippen LogP contribution < -0.4 is 16.4 Å². The lowest BCUT2D eigenvalue weighted by atomic mass is 10.00. The molecule has 0 bridgehead atoms. The van der Waals surface area contributed by atoms with E-state index in [4.69, 9.17) is 10.5 Å². The quantitative estimate of drug-likeness (QED) is 0.666. The van der Waals surface area contributed by atoms with E-state index in [9.17, 15) is 9.59 Å². The lowest BCUT2D eigenvalue weighted by Gasteiger charge is -2.26. The van der Waals surface area contributed by atoms with Crippen molar-refractivity contribution in [3.8, 4) is 0 Å². The monoisotopic (exact) mass is 374 g/mol. The van der Waals surface area contributed by atoms with Crippen molar-refractivity contribution < 1.29 is 14.3 Å². The van der Waals surface area contributed by atoms with Gasteiger partial charge in [-0.15, -0.1) is 0 Å². The fourth-order valence-corrected chi connectivity index (χ4v) is 3.73. The minimum atomic E-state index is -0.0990. The number of amides is 2. The lowest BCUT2D eigenvalue weighted by molar-refractivity contribution is -0.117. The second-order valence-corrected chi connectivity index (χ2v) is 7.39. The van der Waals surface area contributed by atoms with E-state index in [1.54, 1.807) is 24.3 Å². The van der Waals surface area contributed by atoms with Crippen LogP contribution in [0.3, 0.4) is 0 Å².